The topological polar surface area (TPSA) is 0 Å². The van der Waals surface area contributed by atoms with Gasteiger partial charge in [0.25, 0.3) is 0 Å². The van der Waals surface area contributed by atoms with Gasteiger partial charge in [-0.2, -0.15) is 0 Å². The highest BCUT2D eigenvalue weighted by molar-refractivity contribution is 4.92. The summed E-state index contributed by atoms with van der Waals surface area (Å²) in [5.41, 5.74) is 1.55. The van der Waals surface area contributed by atoms with Gasteiger partial charge >= 0.3 is 0 Å². The predicted octanol–water partition coefficient (Wildman–Crippen LogP) is 5.32. The van der Waals surface area contributed by atoms with E-state index in [2.05, 4.69) is 13.8 Å². The van der Waals surface area contributed by atoms with Crippen LogP contribution in [0, 0.1) is 10.8 Å². The van der Waals surface area contributed by atoms with E-state index in [-0.39, 0.29) is 0 Å². The highest BCUT2D eigenvalue weighted by Gasteiger charge is 2.41. The second-order valence-corrected chi connectivity index (χ2v) is 6.27. The number of hydrogen-bond acceptors (Lipinski definition) is 0. The zero-order valence-corrected chi connectivity index (χ0v) is 10.8. The Hall–Kier alpha value is 0. The molecule has 15 heavy (non-hydrogen) atoms. The van der Waals surface area contributed by atoms with Crippen LogP contribution in [0.15, 0.2) is 0 Å². The van der Waals surface area contributed by atoms with Crippen LogP contribution in [0.2, 0.25) is 0 Å². The van der Waals surface area contributed by atoms with Gasteiger partial charge in [-0.25, -0.2) is 0 Å². The highest BCUT2D eigenvalue weighted by Crippen LogP contribution is 2.54. The van der Waals surface area contributed by atoms with Crippen LogP contribution in [-0.4, -0.2) is 0 Å². The lowest BCUT2D eigenvalue weighted by atomic mass is 9.57. The van der Waals surface area contributed by atoms with E-state index >= 15 is 0 Å². The van der Waals surface area contributed by atoms with Gasteiger partial charge in [0.1, 0.15) is 0 Å². The van der Waals surface area contributed by atoms with Gasteiger partial charge in [-0.3, -0.25) is 0 Å². The average Bonchev–Trinajstić information content (AvgIpc) is 2.32. The smallest absolute Gasteiger partial charge is 0.0297 e. The monoisotopic (exact) mass is 208 g/mol. The summed E-state index contributed by atoms with van der Waals surface area (Å²) in [6.45, 7) is 4.81. The lowest BCUT2D eigenvalue weighted by molar-refractivity contribution is 0.0407. The van der Waals surface area contributed by atoms with E-state index in [1.54, 1.807) is 25.7 Å². The Morgan fingerprint density at radius 2 is 1.20 bits per heavy atom. The summed E-state index contributed by atoms with van der Waals surface area (Å²) < 4.78 is 0. The van der Waals surface area contributed by atoms with Gasteiger partial charge in [-0.15, -0.1) is 0 Å². The Kier molecular flexibility index (Phi) is 3.42. The molecule has 0 atom stereocenters. The minimum atomic E-state index is 0.739. The summed E-state index contributed by atoms with van der Waals surface area (Å²) in [4.78, 5) is 0. The molecule has 2 aliphatic carbocycles. The third kappa shape index (κ3) is 2.24. The van der Waals surface area contributed by atoms with Gasteiger partial charge in [0.15, 0.2) is 0 Å². The summed E-state index contributed by atoms with van der Waals surface area (Å²) in [5.74, 6) is 0. The first kappa shape index (κ1) is 11.5. The average molecular weight is 208 g/mol. The maximum absolute atomic E-state index is 2.41. The Morgan fingerprint density at radius 1 is 0.667 bits per heavy atom. The zero-order chi connectivity index (χ0) is 10.8. The molecule has 0 heteroatoms. The molecule has 0 aromatic heterocycles. The fourth-order valence-electron chi connectivity index (χ4n) is 4.07. The second kappa shape index (κ2) is 4.47. The van der Waals surface area contributed by atoms with Crippen molar-refractivity contribution in [2.75, 3.05) is 0 Å². The summed E-state index contributed by atoms with van der Waals surface area (Å²) in [6.07, 6.45) is 16.6. The van der Waals surface area contributed by atoms with Crippen LogP contribution in [0.5, 0.6) is 0 Å². The molecule has 88 valence electrons. The molecular formula is C15H28. The molecule has 0 aliphatic heterocycles. The Bertz CT molecular complexity index is 182. The summed E-state index contributed by atoms with van der Waals surface area (Å²) >= 11 is 0. The minimum absolute atomic E-state index is 0.739. The van der Waals surface area contributed by atoms with Crippen LogP contribution >= 0.6 is 0 Å². The van der Waals surface area contributed by atoms with Crippen molar-refractivity contribution >= 4 is 0 Å². The van der Waals surface area contributed by atoms with Crippen molar-refractivity contribution < 1.29 is 0 Å². The molecule has 2 fully saturated rings. The third-order valence-corrected chi connectivity index (χ3v) is 5.79. The fourth-order valence-corrected chi connectivity index (χ4v) is 4.07. The van der Waals surface area contributed by atoms with Gasteiger partial charge < -0.3 is 0 Å². The first-order chi connectivity index (χ1) is 7.24. The molecule has 0 bridgehead atoms. The van der Waals surface area contributed by atoms with Crippen LogP contribution in [-0.2, 0) is 0 Å². The molecule has 0 amide bonds. The molecule has 0 aromatic carbocycles. The maximum atomic E-state index is 2.41. The standard InChI is InChI=1S/C15H28/c1-3-14(4-2)10-12-15(13-11-14)8-6-5-7-9-15/h3-13H2,1-2H3. The molecule has 0 unspecified atom stereocenters. The molecule has 0 heterocycles. The van der Waals surface area contributed by atoms with Gasteiger partial charge in [-0.1, -0.05) is 46.0 Å². The van der Waals surface area contributed by atoms with E-state index in [1.807, 2.05) is 0 Å². The van der Waals surface area contributed by atoms with E-state index in [9.17, 15) is 0 Å². The molecule has 0 radical (unpaired) electrons. The van der Waals surface area contributed by atoms with Crippen LogP contribution in [0.1, 0.15) is 84.5 Å². The van der Waals surface area contributed by atoms with Crippen molar-refractivity contribution in [2.45, 2.75) is 84.5 Å². The maximum Gasteiger partial charge on any atom is -0.0297 e. The highest BCUT2D eigenvalue weighted by atomic mass is 14.5. The SMILES string of the molecule is CCC1(CC)CCC2(CCCCC2)CC1. The second-order valence-electron chi connectivity index (χ2n) is 6.27. The van der Waals surface area contributed by atoms with E-state index < -0.39 is 0 Å². The largest absolute Gasteiger partial charge is 0.0649 e. The molecular weight excluding hydrogens is 180 g/mol. The molecule has 2 saturated carbocycles. The fraction of sp³-hybridized carbons (Fsp3) is 1.00. The van der Waals surface area contributed by atoms with E-state index in [0.29, 0.717) is 0 Å². The lowest BCUT2D eigenvalue weighted by Crippen LogP contribution is -2.35. The zero-order valence-electron chi connectivity index (χ0n) is 10.8. The van der Waals surface area contributed by atoms with Crippen LogP contribution in [0.4, 0.5) is 0 Å². The molecule has 2 aliphatic rings. The summed E-state index contributed by atoms with van der Waals surface area (Å²) in [6, 6.07) is 0. The first-order valence-electron chi connectivity index (χ1n) is 7.24. The van der Waals surface area contributed by atoms with Crippen molar-refractivity contribution in [1.82, 2.24) is 0 Å². The van der Waals surface area contributed by atoms with E-state index in [4.69, 9.17) is 0 Å². The van der Waals surface area contributed by atoms with Crippen LogP contribution in [0.25, 0.3) is 0 Å². The molecule has 1 spiro atoms. The Balaban J connectivity index is 1.95. The number of hydrogen-bond donors (Lipinski definition) is 0. The van der Waals surface area contributed by atoms with E-state index in [1.165, 1.54) is 44.9 Å². The van der Waals surface area contributed by atoms with Gasteiger partial charge in [0.2, 0.25) is 0 Å². The van der Waals surface area contributed by atoms with E-state index in [0.717, 1.165) is 10.8 Å². The lowest BCUT2D eigenvalue weighted by Gasteiger charge is -2.48. The van der Waals surface area contributed by atoms with Crippen molar-refractivity contribution in [1.29, 1.82) is 0 Å². The first-order valence-corrected chi connectivity index (χ1v) is 7.24. The Morgan fingerprint density at radius 3 is 1.67 bits per heavy atom. The van der Waals surface area contributed by atoms with Crippen LogP contribution < -0.4 is 0 Å². The van der Waals surface area contributed by atoms with Crippen molar-refractivity contribution in [3.63, 3.8) is 0 Å². The third-order valence-electron chi connectivity index (χ3n) is 5.79. The van der Waals surface area contributed by atoms with Gasteiger partial charge in [0, 0.05) is 0 Å². The van der Waals surface area contributed by atoms with Crippen molar-refractivity contribution in [2.24, 2.45) is 10.8 Å². The molecule has 0 N–H and O–H groups in total. The summed E-state index contributed by atoms with van der Waals surface area (Å²) in [7, 11) is 0. The molecule has 0 aromatic rings. The predicted molar refractivity (Wildman–Crippen MR) is 67.0 cm³/mol. The van der Waals surface area contributed by atoms with Crippen molar-refractivity contribution in [3.8, 4) is 0 Å². The molecule has 0 saturated heterocycles. The molecule has 2 rings (SSSR count). The quantitative estimate of drug-likeness (QED) is 0.576. The van der Waals surface area contributed by atoms with Crippen molar-refractivity contribution in [3.05, 3.63) is 0 Å². The normalized spacial score (nSPS) is 29.2. The number of rotatable bonds is 2. The Labute approximate surface area is 95.8 Å². The summed E-state index contributed by atoms with van der Waals surface area (Å²) in [5, 5.41) is 0. The molecule has 0 nitrogen and oxygen atoms in total. The van der Waals surface area contributed by atoms with Crippen LogP contribution in [0.3, 0.4) is 0 Å². The minimum Gasteiger partial charge on any atom is -0.0649 e. The van der Waals surface area contributed by atoms with Gasteiger partial charge in [0.05, 0.1) is 0 Å². The van der Waals surface area contributed by atoms with Gasteiger partial charge in [-0.05, 0) is 49.4 Å².